The second kappa shape index (κ2) is 4.60. The minimum atomic E-state index is -0.245. The lowest BCUT2D eigenvalue weighted by Gasteiger charge is -2.26. The van der Waals surface area contributed by atoms with E-state index in [1.54, 1.807) is 6.08 Å². The molecule has 1 rings (SSSR count). The summed E-state index contributed by atoms with van der Waals surface area (Å²) in [4.78, 5) is 23.0. The van der Waals surface area contributed by atoms with Crippen LogP contribution in [0.3, 0.4) is 0 Å². The van der Waals surface area contributed by atoms with E-state index in [0.717, 1.165) is 5.57 Å². The lowest BCUT2D eigenvalue weighted by molar-refractivity contribution is -0.152. The van der Waals surface area contributed by atoms with Gasteiger partial charge in [-0.15, -0.1) is 0 Å². The molecule has 0 amide bonds. The van der Waals surface area contributed by atoms with Crippen molar-refractivity contribution in [2.45, 2.75) is 40.2 Å². The third-order valence-electron chi connectivity index (χ3n) is 2.58. The molecule has 0 aromatic carbocycles. The van der Waals surface area contributed by atoms with Crippen molar-refractivity contribution in [3.05, 3.63) is 11.6 Å². The van der Waals surface area contributed by atoms with E-state index in [4.69, 9.17) is 4.74 Å². The highest BCUT2D eigenvalue weighted by atomic mass is 16.5. The second-order valence-electron chi connectivity index (χ2n) is 4.50. The van der Waals surface area contributed by atoms with E-state index in [9.17, 15) is 9.59 Å². The summed E-state index contributed by atoms with van der Waals surface area (Å²) in [6.07, 6.45) is 1.90. The van der Waals surface area contributed by atoms with Crippen LogP contribution >= 0.6 is 0 Å². The second-order valence-corrected chi connectivity index (χ2v) is 4.50. The van der Waals surface area contributed by atoms with Crippen LogP contribution in [0.15, 0.2) is 11.6 Å². The SMILES string of the molecule is CC1=CC(=O)C[C@@H](C)[C@@H]1C(=O)OC(C)C. The van der Waals surface area contributed by atoms with Crippen molar-refractivity contribution in [3.63, 3.8) is 0 Å². The van der Waals surface area contributed by atoms with Gasteiger partial charge in [0, 0.05) is 6.42 Å². The molecule has 84 valence electrons. The number of allylic oxidation sites excluding steroid dienone is 1. The number of esters is 1. The van der Waals surface area contributed by atoms with E-state index < -0.39 is 0 Å². The minimum Gasteiger partial charge on any atom is -0.463 e. The molecule has 0 aromatic rings. The molecule has 0 saturated carbocycles. The first kappa shape index (κ1) is 12.0. The molecule has 15 heavy (non-hydrogen) atoms. The van der Waals surface area contributed by atoms with Crippen molar-refractivity contribution >= 4 is 11.8 Å². The Morgan fingerprint density at radius 1 is 1.53 bits per heavy atom. The van der Waals surface area contributed by atoms with E-state index in [0.29, 0.717) is 6.42 Å². The fourth-order valence-electron chi connectivity index (χ4n) is 2.01. The van der Waals surface area contributed by atoms with E-state index >= 15 is 0 Å². The number of carbonyl (C=O) groups is 2. The van der Waals surface area contributed by atoms with Crippen LogP contribution in [0.5, 0.6) is 0 Å². The van der Waals surface area contributed by atoms with Gasteiger partial charge in [0.2, 0.25) is 0 Å². The van der Waals surface area contributed by atoms with Gasteiger partial charge in [-0.1, -0.05) is 12.5 Å². The van der Waals surface area contributed by atoms with E-state index in [2.05, 4.69) is 0 Å². The van der Waals surface area contributed by atoms with Crippen molar-refractivity contribution in [1.82, 2.24) is 0 Å². The molecule has 0 spiro atoms. The van der Waals surface area contributed by atoms with Crippen LogP contribution in [0.4, 0.5) is 0 Å². The zero-order chi connectivity index (χ0) is 11.6. The van der Waals surface area contributed by atoms with Crippen molar-refractivity contribution in [2.75, 3.05) is 0 Å². The summed E-state index contributed by atoms with van der Waals surface area (Å²) in [5.74, 6) is -0.300. The molecule has 2 atom stereocenters. The van der Waals surface area contributed by atoms with Crippen LogP contribution in [0.2, 0.25) is 0 Å². The molecule has 1 aliphatic carbocycles. The van der Waals surface area contributed by atoms with Gasteiger partial charge in [0.25, 0.3) is 0 Å². The van der Waals surface area contributed by atoms with Crippen molar-refractivity contribution in [2.24, 2.45) is 11.8 Å². The highest BCUT2D eigenvalue weighted by Crippen LogP contribution is 2.29. The molecular weight excluding hydrogens is 192 g/mol. The maximum absolute atomic E-state index is 11.8. The number of hydrogen-bond donors (Lipinski definition) is 0. The van der Waals surface area contributed by atoms with E-state index in [1.165, 1.54) is 0 Å². The van der Waals surface area contributed by atoms with Crippen LogP contribution in [0.1, 0.15) is 34.1 Å². The zero-order valence-corrected chi connectivity index (χ0v) is 9.74. The first-order chi connectivity index (χ1) is 6.91. The third-order valence-corrected chi connectivity index (χ3v) is 2.58. The third kappa shape index (κ3) is 2.91. The van der Waals surface area contributed by atoms with Gasteiger partial charge in [-0.05, 0) is 32.8 Å². The molecule has 0 heterocycles. The number of hydrogen-bond acceptors (Lipinski definition) is 3. The molecular formula is C12H18O3. The van der Waals surface area contributed by atoms with Gasteiger partial charge >= 0.3 is 5.97 Å². The summed E-state index contributed by atoms with van der Waals surface area (Å²) in [5.41, 5.74) is 0.824. The topological polar surface area (TPSA) is 43.4 Å². The predicted molar refractivity (Wildman–Crippen MR) is 57.3 cm³/mol. The fourth-order valence-corrected chi connectivity index (χ4v) is 2.01. The molecule has 1 aliphatic rings. The Labute approximate surface area is 90.5 Å². The van der Waals surface area contributed by atoms with Gasteiger partial charge in [-0.3, -0.25) is 9.59 Å². The lowest BCUT2D eigenvalue weighted by Crippen LogP contribution is -2.31. The molecule has 0 unspecified atom stereocenters. The Kier molecular flexibility index (Phi) is 3.66. The summed E-state index contributed by atoms with van der Waals surface area (Å²) < 4.78 is 5.17. The molecule has 0 aliphatic heterocycles. The normalized spacial score (nSPS) is 26.5. The fraction of sp³-hybridized carbons (Fsp3) is 0.667. The van der Waals surface area contributed by atoms with E-state index in [-0.39, 0.29) is 29.7 Å². The van der Waals surface area contributed by atoms with Gasteiger partial charge in [-0.2, -0.15) is 0 Å². The van der Waals surface area contributed by atoms with Crippen molar-refractivity contribution in [1.29, 1.82) is 0 Å². The average molecular weight is 210 g/mol. The number of carbonyl (C=O) groups excluding carboxylic acids is 2. The van der Waals surface area contributed by atoms with Crippen LogP contribution in [0, 0.1) is 11.8 Å². The zero-order valence-electron chi connectivity index (χ0n) is 9.74. The molecule has 0 N–H and O–H groups in total. The van der Waals surface area contributed by atoms with Crippen LogP contribution in [0.25, 0.3) is 0 Å². The Bertz CT molecular complexity index is 302. The van der Waals surface area contributed by atoms with Crippen LogP contribution < -0.4 is 0 Å². The molecule has 0 saturated heterocycles. The summed E-state index contributed by atoms with van der Waals surface area (Å²) in [5, 5.41) is 0. The first-order valence-electron chi connectivity index (χ1n) is 5.33. The molecule has 0 radical (unpaired) electrons. The summed E-state index contributed by atoms with van der Waals surface area (Å²) in [7, 11) is 0. The number of ketones is 1. The minimum absolute atomic E-state index is 0.0498. The highest BCUT2D eigenvalue weighted by molar-refractivity contribution is 5.94. The first-order valence-corrected chi connectivity index (χ1v) is 5.33. The maximum Gasteiger partial charge on any atom is 0.313 e. The summed E-state index contributed by atoms with van der Waals surface area (Å²) in [6, 6.07) is 0. The van der Waals surface area contributed by atoms with Gasteiger partial charge in [0.1, 0.15) is 0 Å². The predicted octanol–water partition coefficient (Wildman–Crippen LogP) is 2.11. The lowest BCUT2D eigenvalue weighted by atomic mass is 9.79. The van der Waals surface area contributed by atoms with Gasteiger partial charge in [0.15, 0.2) is 5.78 Å². The van der Waals surface area contributed by atoms with Gasteiger partial charge in [-0.25, -0.2) is 0 Å². The molecule has 0 bridgehead atoms. The number of rotatable bonds is 2. The molecule has 0 aromatic heterocycles. The smallest absolute Gasteiger partial charge is 0.313 e. The largest absolute Gasteiger partial charge is 0.463 e. The Hall–Kier alpha value is -1.12. The molecule has 3 heteroatoms. The van der Waals surface area contributed by atoms with Crippen LogP contribution in [-0.2, 0) is 14.3 Å². The van der Waals surface area contributed by atoms with Crippen molar-refractivity contribution in [3.8, 4) is 0 Å². The quantitative estimate of drug-likeness (QED) is 0.655. The monoisotopic (exact) mass is 210 g/mol. The maximum atomic E-state index is 11.8. The highest BCUT2D eigenvalue weighted by Gasteiger charge is 2.33. The number of ether oxygens (including phenoxy) is 1. The summed E-state index contributed by atoms with van der Waals surface area (Å²) >= 11 is 0. The Balaban J connectivity index is 2.80. The summed E-state index contributed by atoms with van der Waals surface area (Å²) in [6.45, 7) is 7.39. The molecule has 3 nitrogen and oxygen atoms in total. The van der Waals surface area contributed by atoms with Gasteiger partial charge < -0.3 is 4.74 Å². The van der Waals surface area contributed by atoms with E-state index in [1.807, 2.05) is 27.7 Å². The van der Waals surface area contributed by atoms with Gasteiger partial charge in [0.05, 0.1) is 12.0 Å². The van der Waals surface area contributed by atoms with Crippen molar-refractivity contribution < 1.29 is 14.3 Å². The average Bonchev–Trinajstić information content (AvgIpc) is 1.99. The molecule has 0 fully saturated rings. The Morgan fingerprint density at radius 3 is 2.60 bits per heavy atom. The standard InChI is InChI=1S/C12H18O3/c1-7(2)15-12(14)11-8(3)5-10(13)6-9(11)4/h5,7,9,11H,6H2,1-4H3/t9-,11-/m1/s1. The van der Waals surface area contributed by atoms with Crippen LogP contribution in [-0.4, -0.2) is 17.9 Å². The Morgan fingerprint density at radius 2 is 2.13 bits per heavy atom.